The topological polar surface area (TPSA) is 64.9 Å². The molecule has 0 aliphatic rings. The van der Waals surface area contributed by atoms with Crippen LogP contribution in [0, 0.1) is 13.8 Å². The van der Waals surface area contributed by atoms with Crippen LogP contribution in [0.25, 0.3) is 0 Å². The summed E-state index contributed by atoms with van der Waals surface area (Å²) in [6.07, 6.45) is 2.26. The van der Waals surface area contributed by atoms with Gasteiger partial charge in [0.2, 0.25) is 5.89 Å². The number of nitrogens with two attached hydrogens (primary N) is 1. The van der Waals surface area contributed by atoms with E-state index in [9.17, 15) is 0 Å². The molecule has 0 saturated heterocycles. The molecule has 1 heterocycles. The van der Waals surface area contributed by atoms with E-state index in [0.717, 1.165) is 12.2 Å². The van der Waals surface area contributed by atoms with E-state index in [4.69, 9.17) is 10.3 Å². The van der Waals surface area contributed by atoms with Crippen LogP contribution < -0.4 is 5.73 Å². The van der Waals surface area contributed by atoms with Gasteiger partial charge in [0, 0.05) is 18.9 Å². The lowest BCUT2D eigenvalue weighted by Crippen LogP contribution is -2.21. The van der Waals surface area contributed by atoms with E-state index in [-0.39, 0.29) is 6.04 Å². The summed E-state index contributed by atoms with van der Waals surface area (Å²) in [6, 6.07) is 6.56. The Balaban J connectivity index is 2.07. The number of aryl methyl sites for hydroxylation is 2. The van der Waals surface area contributed by atoms with Gasteiger partial charge in [-0.1, -0.05) is 41.4 Å². The van der Waals surface area contributed by atoms with Crippen molar-refractivity contribution in [2.45, 2.75) is 46.1 Å². The zero-order valence-corrected chi connectivity index (χ0v) is 11.8. The highest BCUT2D eigenvalue weighted by Crippen LogP contribution is 2.13. The lowest BCUT2D eigenvalue weighted by Gasteiger charge is -2.03. The molecule has 2 rings (SSSR count). The van der Waals surface area contributed by atoms with Gasteiger partial charge in [-0.15, -0.1) is 0 Å². The van der Waals surface area contributed by atoms with Gasteiger partial charge < -0.3 is 10.3 Å². The molecule has 1 atom stereocenters. The lowest BCUT2D eigenvalue weighted by atomic mass is 10.1. The highest BCUT2D eigenvalue weighted by molar-refractivity contribution is 5.30. The molecule has 1 aromatic carbocycles. The molecule has 1 unspecified atom stereocenters. The monoisotopic (exact) mass is 259 g/mol. The molecule has 4 heteroatoms. The normalized spacial score (nSPS) is 12.6. The van der Waals surface area contributed by atoms with Crippen molar-refractivity contribution in [2.24, 2.45) is 5.73 Å². The number of aromatic nitrogens is 2. The van der Waals surface area contributed by atoms with Gasteiger partial charge in [0.15, 0.2) is 5.82 Å². The standard InChI is InChI=1S/C15H21N3O/c1-4-13(16)9-15-17-14(18-19-15)8-12-6-10(2)5-11(3)7-12/h5-7,13H,4,8-9,16H2,1-3H3. The van der Waals surface area contributed by atoms with Gasteiger partial charge in [-0.25, -0.2) is 0 Å². The van der Waals surface area contributed by atoms with Crippen molar-refractivity contribution in [3.63, 3.8) is 0 Å². The van der Waals surface area contributed by atoms with Crippen molar-refractivity contribution in [1.29, 1.82) is 0 Å². The fraction of sp³-hybridized carbons (Fsp3) is 0.467. The van der Waals surface area contributed by atoms with E-state index < -0.39 is 0 Å². The number of hydrogen-bond acceptors (Lipinski definition) is 4. The Kier molecular flexibility index (Phi) is 4.32. The summed E-state index contributed by atoms with van der Waals surface area (Å²) in [6.45, 7) is 6.24. The maximum Gasteiger partial charge on any atom is 0.228 e. The zero-order valence-electron chi connectivity index (χ0n) is 11.8. The summed E-state index contributed by atoms with van der Waals surface area (Å²) >= 11 is 0. The molecule has 2 aromatic rings. The highest BCUT2D eigenvalue weighted by atomic mass is 16.5. The maximum atomic E-state index is 5.88. The molecule has 19 heavy (non-hydrogen) atoms. The second-order valence-corrected chi connectivity index (χ2v) is 5.15. The minimum Gasteiger partial charge on any atom is -0.339 e. The molecule has 2 N–H and O–H groups in total. The first-order valence-corrected chi connectivity index (χ1v) is 6.71. The summed E-state index contributed by atoms with van der Waals surface area (Å²) in [5.74, 6) is 1.36. The van der Waals surface area contributed by atoms with E-state index in [1.54, 1.807) is 0 Å². The van der Waals surface area contributed by atoms with Crippen LogP contribution in [0.1, 0.15) is 41.8 Å². The SMILES string of the molecule is CCC(N)Cc1nc(Cc2cc(C)cc(C)c2)no1. The van der Waals surface area contributed by atoms with Gasteiger partial charge >= 0.3 is 0 Å². The van der Waals surface area contributed by atoms with Crippen LogP contribution in [0.4, 0.5) is 0 Å². The van der Waals surface area contributed by atoms with Crippen LogP contribution in [0.15, 0.2) is 22.7 Å². The molecule has 4 nitrogen and oxygen atoms in total. The summed E-state index contributed by atoms with van der Waals surface area (Å²) < 4.78 is 5.23. The third-order valence-corrected chi connectivity index (χ3v) is 3.12. The fourth-order valence-electron chi connectivity index (χ4n) is 2.17. The van der Waals surface area contributed by atoms with Gasteiger partial charge in [0.05, 0.1) is 0 Å². The summed E-state index contributed by atoms with van der Waals surface area (Å²) in [5.41, 5.74) is 9.60. The van der Waals surface area contributed by atoms with Crippen molar-refractivity contribution in [2.75, 3.05) is 0 Å². The van der Waals surface area contributed by atoms with E-state index in [2.05, 4.69) is 49.1 Å². The van der Waals surface area contributed by atoms with Gasteiger partial charge in [-0.3, -0.25) is 0 Å². The molecule has 0 fully saturated rings. The third-order valence-electron chi connectivity index (χ3n) is 3.12. The van der Waals surface area contributed by atoms with E-state index in [1.165, 1.54) is 16.7 Å². The molecule has 0 spiro atoms. The van der Waals surface area contributed by atoms with Crippen LogP contribution in [-0.2, 0) is 12.8 Å². The van der Waals surface area contributed by atoms with Gasteiger partial charge in [0.25, 0.3) is 0 Å². The molecule has 1 aromatic heterocycles. The fourth-order valence-corrected chi connectivity index (χ4v) is 2.17. The van der Waals surface area contributed by atoms with Crippen molar-refractivity contribution in [1.82, 2.24) is 10.1 Å². The number of nitrogens with zero attached hydrogens (tertiary/aromatic N) is 2. The Morgan fingerprint density at radius 2 is 1.89 bits per heavy atom. The molecular weight excluding hydrogens is 238 g/mol. The number of rotatable bonds is 5. The Labute approximate surface area is 114 Å². The molecule has 0 radical (unpaired) electrons. The third kappa shape index (κ3) is 3.89. The van der Waals surface area contributed by atoms with E-state index in [0.29, 0.717) is 18.7 Å². The Morgan fingerprint density at radius 3 is 2.53 bits per heavy atom. The lowest BCUT2D eigenvalue weighted by molar-refractivity contribution is 0.363. The van der Waals surface area contributed by atoms with Crippen molar-refractivity contribution < 1.29 is 4.52 Å². The first-order chi connectivity index (χ1) is 9.06. The second kappa shape index (κ2) is 5.97. The predicted octanol–water partition coefficient (Wildman–Crippen LogP) is 2.56. The Hall–Kier alpha value is -1.68. The molecule has 0 amide bonds. The number of hydrogen-bond donors (Lipinski definition) is 1. The Bertz CT molecular complexity index is 528. The van der Waals surface area contributed by atoms with Gasteiger partial charge in [-0.2, -0.15) is 4.98 Å². The predicted molar refractivity (Wildman–Crippen MR) is 75.0 cm³/mol. The smallest absolute Gasteiger partial charge is 0.228 e. The van der Waals surface area contributed by atoms with Crippen LogP contribution in [0.5, 0.6) is 0 Å². The van der Waals surface area contributed by atoms with Gasteiger partial charge in [-0.05, 0) is 25.8 Å². The first kappa shape index (κ1) is 13.7. The van der Waals surface area contributed by atoms with Crippen LogP contribution in [0.3, 0.4) is 0 Å². The van der Waals surface area contributed by atoms with E-state index >= 15 is 0 Å². The highest BCUT2D eigenvalue weighted by Gasteiger charge is 2.10. The minimum absolute atomic E-state index is 0.0921. The van der Waals surface area contributed by atoms with Crippen LogP contribution in [0.2, 0.25) is 0 Å². The molecule has 0 aliphatic heterocycles. The zero-order chi connectivity index (χ0) is 13.8. The molecule has 102 valence electrons. The maximum absolute atomic E-state index is 5.88. The van der Waals surface area contributed by atoms with Crippen LogP contribution in [-0.4, -0.2) is 16.2 Å². The summed E-state index contributed by atoms with van der Waals surface area (Å²) in [7, 11) is 0. The average molecular weight is 259 g/mol. The molecule has 0 aliphatic carbocycles. The largest absolute Gasteiger partial charge is 0.339 e. The summed E-state index contributed by atoms with van der Waals surface area (Å²) in [5, 5.41) is 4.02. The van der Waals surface area contributed by atoms with Gasteiger partial charge in [0.1, 0.15) is 0 Å². The van der Waals surface area contributed by atoms with Crippen molar-refractivity contribution in [3.05, 3.63) is 46.6 Å². The van der Waals surface area contributed by atoms with Crippen molar-refractivity contribution >= 4 is 0 Å². The quantitative estimate of drug-likeness (QED) is 0.896. The molecule has 0 bridgehead atoms. The molecular formula is C15H21N3O. The van der Waals surface area contributed by atoms with Crippen molar-refractivity contribution in [3.8, 4) is 0 Å². The summed E-state index contributed by atoms with van der Waals surface area (Å²) in [4.78, 5) is 4.40. The Morgan fingerprint density at radius 1 is 1.21 bits per heavy atom. The van der Waals surface area contributed by atoms with E-state index in [1.807, 2.05) is 0 Å². The minimum atomic E-state index is 0.0921. The number of benzene rings is 1. The van der Waals surface area contributed by atoms with Crippen LogP contribution >= 0.6 is 0 Å². The average Bonchev–Trinajstić information content (AvgIpc) is 2.74. The molecule has 0 saturated carbocycles. The first-order valence-electron chi connectivity index (χ1n) is 6.71. The second-order valence-electron chi connectivity index (χ2n) is 5.15.